The number of benzene rings is 1. The lowest BCUT2D eigenvalue weighted by Crippen LogP contribution is -2.22. The zero-order chi connectivity index (χ0) is 18.1. The van der Waals surface area contributed by atoms with E-state index >= 15 is 0 Å². The van der Waals surface area contributed by atoms with Crippen LogP contribution in [0.25, 0.3) is 11.2 Å². The van der Waals surface area contributed by atoms with E-state index in [4.69, 9.17) is 11.6 Å². The van der Waals surface area contributed by atoms with Gasteiger partial charge in [-0.1, -0.05) is 43.0 Å². The first-order valence-corrected chi connectivity index (χ1v) is 9.83. The molecule has 0 spiro atoms. The molecule has 0 aliphatic heterocycles. The van der Waals surface area contributed by atoms with Gasteiger partial charge in [-0.05, 0) is 56.0 Å². The molecule has 1 saturated carbocycles. The molecular weight excluding hydrogens is 344 g/mol. The Hall–Kier alpha value is -2.07. The molecule has 5 heteroatoms. The summed E-state index contributed by atoms with van der Waals surface area (Å²) in [7, 11) is 0. The van der Waals surface area contributed by atoms with E-state index in [-0.39, 0.29) is 0 Å². The van der Waals surface area contributed by atoms with Crippen molar-refractivity contribution in [2.24, 2.45) is 0 Å². The zero-order valence-electron chi connectivity index (χ0n) is 15.4. The average Bonchev–Trinajstić information content (AvgIpc) is 2.94. The van der Waals surface area contributed by atoms with Crippen molar-refractivity contribution >= 4 is 28.5 Å². The zero-order valence-corrected chi connectivity index (χ0v) is 16.2. The second kappa shape index (κ2) is 7.28. The van der Waals surface area contributed by atoms with Crippen LogP contribution in [0.4, 0.5) is 5.69 Å². The van der Waals surface area contributed by atoms with Gasteiger partial charge in [0.15, 0.2) is 5.65 Å². The lowest BCUT2D eigenvalue weighted by atomic mass is 9.95. The number of pyridine rings is 1. The highest BCUT2D eigenvalue weighted by Crippen LogP contribution is 2.24. The third-order valence-electron chi connectivity index (χ3n) is 5.32. The fraction of sp³-hybridized carbons (Fsp3) is 0.429. The number of halogens is 1. The van der Waals surface area contributed by atoms with Gasteiger partial charge in [-0.3, -0.25) is 0 Å². The van der Waals surface area contributed by atoms with Crippen LogP contribution in [0.15, 0.2) is 30.3 Å². The van der Waals surface area contributed by atoms with Crippen LogP contribution in [0.5, 0.6) is 0 Å². The molecule has 2 aromatic heterocycles. The predicted octanol–water partition coefficient (Wildman–Crippen LogP) is 5.49. The molecule has 26 heavy (non-hydrogen) atoms. The van der Waals surface area contributed by atoms with E-state index in [0.717, 1.165) is 29.1 Å². The number of fused-ring (bicyclic) bond motifs is 1. The van der Waals surface area contributed by atoms with Crippen molar-refractivity contribution in [3.8, 4) is 0 Å². The minimum absolute atomic E-state index is 0.517. The number of nitrogens with zero attached hydrogens (tertiary/aromatic N) is 3. The molecule has 1 aromatic carbocycles. The highest BCUT2D eigenvalue weighted by Gasteiger charge is 2.14. The van der Waals surface area contributed by atoms with Crippen molar-refractivity contribution < 1.29 is 0 Å². The summed E-state index contributed by atoms with van der Waals surface area (Å²) in [6.07, 6.45) is 6.64. The molecule has 136 valence electrons. The first-order valence-electron chi connectivity index (χ1n) is 9.45. The Balaban J connectivity index is 1.54. The van der Waals surface area contributed by atoms with Gasteiger partial charge in [0.25, 0.3) is 0 Å². The van der Waals surface area contributed by atoms with Crippen molar-refractivity contribution in [3.05, 3.63) is 52.4 Å². The van der Waals surface area contributed by atoms with Gasteiger partial charge in [-0.15, -0.1) is 0 Å². The number of aromatic nitrogens is 3. The van der Waals surface area contributed by atoms with Crippen LogP contribution in [0, 0.1) is 13.8 Å². The molecule has 0 atom stereocenters. The summed E-state index contributed by atoms with van der Waals surface area (Å²) >= 11 is 6.16. The monoisotopic (exact) mass is 368 g/mol. The van der Waals surface area contributed by atoms with Crippen molar-refractivity contribution in [1.29, 1.82) is 0 Å². The number of imidazole rings is 1. The lowest BCUT2D eigenvalue weighted by molar-refractivity contribution is 0.463. The largest absolute Gasteiger partial charge is 0.382 e. The molecular formula is C21H25ClN4. The Morgan fingerprint density at radius 3 is 2.54 bits per heavy atom. The molecule has 1 N–H and O–H groups in total. The summed E-state index contributed by atoms with van der Waals surface area (Å²) in [5.74, 6) is 0.960. The van der Waals surface area contributed by atoms with E-state index in [2.05, 4.69) is 44.1 Å². The van der Waals surface area contributed by atoms with Gasteiger partial charge in [0.2, 0.25) is 0 Å². The molecule has 1 aliphatic carbocycles. The van der Waals surface area contributed by atoms with Crippen molar-refractivity contribution in [2.45, 2.75) is 58.5 Å². The third-order valence-corrected chi connectivity index (χ3v) is 5.52. The maximum absolute atomic E-state index is 6.16. The standard InChI is InChI=1S/C21H25ClN4/c1-14-12-19(22)25-21-20(14)23-15(2)26(21)13-16-8-10-18(11-9-16)24-17-6-4-3-5-7-17/h8-12,17,24H,3-7,13H2,1-2H3. The Bertz CT molecular complexity index is 908. The summed E-state index contributed by atoms with van der Waals surface area (Å²) in [5.41, 5.74) is 5.30. The molecule has 0 amide bonds. The van der Waals surface area contributed by atoms with Gasteiger partial charge in [-0.2, -0.15) is 0 Å². The normalized spacial score (nSPS) is 15.5. The summed E-state index contributed by atoms with van der Waals surface area (Å²) in [5, 5.41) is 4.19. The van der Waals surface area contributed by atoms with Gasteiger partial charge in [0, 0.05) is 11.7 Å². The maximum Gasteiger partial charge on any atom is 0.162 e. The topological polar surface area (TPSA) is 42.7 Å². The predicted molar refractivity (Wildman–Crippen MR) is 108 cm³/mol. The molecule has 0 saturated heterocycles. The second-order valence-corrected chi connectivity index (χ2v) is 7.74. The maximum atomic E-state index is 6.16. The molecule has 0 unspecified atom stereocenters. The summed E-state index contributed by atoms with van der Waals surface area (Å²) in [4.78, 5) is 9.18. The SMILES string of the molecule is Cc1cc(Cl)nc2c1nc(C)n2Cc1ccc(NC2CCCCC2)cc1. The number of hydrogen-bond donors (Lipinski definition) is 1. The fourth-order valence-corrected chi connectivity index (χ4v) is 4.12. The smallest absolute Gasteiger partial charge is 0.162 e. The minimum Gasteiger partial charge on any atom is -0.382 e. The van der Waals surface area contributed by atoms with Crippen molar-refractivity contribution in [1.82, 2.24) is 14.5 Å². The van der Waals surface area contributed by atoms with Crippen LogP contribution in [0.3, 0.4) is 0 Å². The highest BCUT2D eigenvalue weighted by atomic mass is 35.5. The van der Waals surface area contributed by atoms with Crippen LogP contribution in [-0.4, -0.2) is 20.6 Å². The Kier molecular flexibility index (Phi) is 4.86. The van der Waals surface area contributed by atoms with Crippen LogP contribution in [0.1, 0.15) is 49.1 Å². The molecule has 1 aliphatic rings. The molecule has 4 nitrogen and oxygen atoms in total. The Morgan fingerprint density at radius 1 is 1.08 bits per heavy atom. The third kappa shape index (κ3) is 3.56. The molecule has 0 radical (unpaired) electrons. The Labute approximate surface area is 159 Å². The molecule has 1 fully saturated rings. The van der Waals surface area contributed by atoms with Crippen LogP contribution in [-0.2, 0) is 6.54 Å². The van der Waals surface area contributed by atoms with Crippen molar-refractivity contribution in [3.63, 3.8) is 0 Å². The van der Waals surface area contributed by atoms with Gasteiger partial charge in [0.1, 0.15) is 16.5 Å². The minimum atomic E-state index is 0.517. The lowest BCUT2D eigenvalue weighted by Gasteiger charge is -2.24. The van der Waals surface area contributed by atoms with Gasteiger partial charge >= 0.3 is 0 Å². The van der Waals surface area contributed by atoms with E-state index in [1.54, 1.807) is 0 Å². The summed E-state index contributed by atoms with van der Waals surface area (Å²) in [6, 6.07) is 11.2. The second-order valence-electron chi connectivity index (χ2n) is 7.36. The highest BCUT2D eigenvalue weighted by molar-refractivity contribution is 6.29. The van der Waals surface area contributed by atoms with E-state index in [1.807, 2.05) is 19.9 Å². The quantitative estimate of drug-likeness (QED) is 0.619. The van der Waals surface area contributed by atoms with Gasteiger partial charge in [0.05, 0.1) is 6.54 Å². The number of aryl methyl sites for hydroxylation is 2. The number of rotatable bonds is 4. The number of nitrogens with one attached hydrogen (secondary N) is 1. The van der Waals surface area contributed by atoms with Crippen LogP contribution < -0.4 is 5.32 Å². The molecule has 2 heterocycles. The molecule has 4 rings (SSSR count). The van der Waals surface area contributed by atoms with E-state index in [9.17, 15) is 0 Å². The van der Waals surface area contributed by atoms with E-state index in [0.29, 0.717) is 11.2 Å². The van der Waals surface area contributed by atoms with Gasteiger partial charge in [-0.25, -0.2) is 9.97 Å². The van der Waals surface area contributed by atoms with E-state index < -0.39 is 0 Å². The Morgan fingerprint density at radius 2 is 1.81 bits per heavy atom. The van der Waals surface area contributed by atoms with Crippen LogP contribution in [0.2, 0.25) is 5.15 Å². The van der Waals surface area contributed by atoms with Gasteiger partial charge < -0.3 is 9.88 Å². The number of anilines is 1. The summed E-state index contributed by atoms with van der Waals surface area (Å²) < 4.78 is 2.14. The first-order chi connectivity index (χ1) is 12.6. The average molecular weight is 369 g/mol. The summed E-state index contributed by atoms with van der Waals surface area (Å²) in [6.45, 7) is 4.80. The molecule has 0 bridgehead atoms. The van der Waals surface area contributed by atoms with Crippen molar-refractivity contribution in [2.75, 3.05) is 5.32 Å². The first kappa shape index (κ1) is 17.3. The van der Waals surface area contributed by atoms with Crippen LogP contribution >= 0.6 is 11.6 Å². The van der Waals surface area contributed by atoms with E-state index in [1.165, 1.54) is 43.4 Å². The molecule has 3 aromatic rings. The fourth-order valence-electron chi connectivity index (χ4n) is 3.87. The number of hydrogen-bond acceptors (Lipinski definition) is 3.